The second kappa shape index (κ2) is 5.27. The van der Waals surface area contributed by atoms with Gasteiger partial charge >= 0.3 is 5.76 Å². The summed E-state index contributed by atoms with van der Waals surface area (Å²) < 4.78 is 7.26. The average molecular weight is 364 g/mol. The van der Waals surface area contributed by atoms with Crippen molar-refractivity contribution in [1.29, 1.82) is 0 Å². The van der Waals surface area contributed by atoms with Crippen molar-refractivity contribution >= 4 is 32.9 Å². The lowest BCUT2D eigenvalue weighted by atomic mass is 10.0. The fourth-order valence-electron chi connectivity index (χ4n) is 3.12. The van der Waals surface area contributed by atoms with Crippen LogP contribution < -0.4 is 11.5 Å². The Hall–Kier alpha value is -3.46. The zero-order valence-corrected chi connectivity index (χ0v) is 14.4. The maximum absolute atomic E-state index is 11.2. The zero-order valence-electron chi connectivity index (χ0n) is 13.6. The molecule has 3 N–H and O–H groups in total. The van der Waals surface area contributed by atoms with Crippen molar-refractivity contribution < 1.29 is 4.52 Å². The van der Waals surface area contributed by atoms with E-state index in [-0.39, 0.29) is 5.82 Å². The molecule has 0 saturated carbocycles. The van der Waals surface area contributed by atoms with Gasteiger partial charge < -0.3 is 5.73 Å². The first-order valence-electron chi connectivity index (χ1n) is 7.79. The average Bonchev–Trinajstić information content (AvgIpc) is 3.34. The van der Waals surface area contributed by atoms with Crippen molar-refractivity contribution in [3.05, 3.63) is 52.1 Å². The summed E-state index contributed by atoms with van der Waals surface area (Å²) in [4.78, 5) is 18.2. The van der Waals surface area contributed by atoms with Gasteiger partial charge in [0.15, 0.2) is 11.5 Å². The van der Waals surface area contributed by atoms with Crippen LogP contribution in [-0.2, 0) is 0 Å². The molecule has 0 amide bonds. The second-order valence-electron chi connectivity index (χ2n) is 5.89. The number of aromatic nitrogens is 5. The minimum Gasteiger partial charge on any atom is -0.383 e. The molecular weight excluding hydrogens is 352 g/mol. The van der Waals surface area contributed by atoms with E-state index in [0.29, 0.717) is 17.0 Å². The van der Waals surface area contributed by atoms with E-state index in [0.717, 1.165) is 26.8 Å². The monoisotopic (exact) mass is 364 g/mol. The molecule has 0 spiro atoms. The summed E-state index contributed by atoms with van der Waals surface area (Å²) in [5.41, 5.74) is 10.4. The number of hydrogen-bond acceptors (Lipinski definition) is 7. The smallest absolute Gasteiger partial charge is 0.383 e. The first-order valence-corrected chi connectivity index (χ1v) is 8.67. The number of hydrogen-bond donors (Lipinski definition) is 2. The third kappa shape index (κ3) is 2.01. The van der Waals surface area contributed by atoms with Gasteiger partial charge in [0, 0.05) is 22.0 Å². The molecule has 0 radical (unpaired) electrons. The van der Waals surface area contributed by atoms with E-state index in [1.165, 1.54) is 0 Å². The molecule has 0 fully saturated rings. The van der Waals surface area contributed by atoms with Crippen molar-refractivity contribution in [2.24, 2.45) is 0 Å². The van der Waals surface area contributed by atoms with Crippen LogP contribution in [-0.4, -0.2) is 24.7 Å². The van der Waals surface area contributed by atoms with E-state index in [2.05, 4.69) is 48.3 Å². The summed E-state index contributed by atoms with van der Waals surface area (Å²) in [5.74, 6) is 0.0984. The Labute approximate surface area is 149 Å². The van der Waals surface area contributed by atoms with Gasteiger partial charge in [-0.1, -0.05) is 17.3 Å². The second-order valence-corrected chi connectivity index (χ2v) is 6.81. The van der Waals surface area contributed by atoms with Crippen LogP contribution in [0.2, 0.25) is 0 Å². The molecule has 1 aromatic carbocycles. The number of nitrogens with one attached hydrogen (secondary N) is 1. The van der Waals surface area contributed by atoms with E-state index in [9.17, 15) is 4.79 Å². The molecule has 0 unspecified atom stereocenters. The van der Waals surface area contributed by atoms with Gasteiger partial charge in [-0.2, -0.15) is 9.61 Å². The quantitative estimate of drug-likeness (QED) is 0.498. The number of thiophene rings is 1. The molecule has 26 heavy (non-hydrogen) atoms. The normalized spacial score (nSPS) is 11.6. The molecule has 0 aliphatic rings. The molecule has 4 aromatic heterocycles. The van der Waals surface area contributed by atoms with Crippen LogP contribution in [0.25, 0.3) is 38.2 Å². The first-order chi connectivity index (χ1) is 12.6. The number of benzene rings is 1. The Morgan fingerprint density at radius 1 is 1.23 bits per heavy atom. The Kier molecular flexibility index (Phi) is 3.01. The molecule has 9 heteroatoms. The molecule has 0 aliphatic carbocycles. The SMILES string of the molecule is Cc1ccc2ccsc2c1-c1cnc2c(-c3noc(=O)[nH]3)cnn2c1N. The van der Waals surface area contributed by atoms with E-state index < -0.39 is 5.76 Å². The Morgan fingerprint density at radius 3 is 2.92 bits per heavy atom. The predicted molar refractivity (Wildman–Crippen MR) is 99.1 cm³/mol. The molecular formula is C17H12N6O2S. The largest absolute Gasteiger partial charge is 0.439 e. The van der Waals surface area contributed by atoms with Gasteiger partial charge in [-0.15, -0.1) is 11.3 Å². The van der Waals surface area contributed by atoms with Crippen LogP contribution in [0.1, 0.15) is 5.56 Å². The number of nitrogens with zero attached hydrogens (tertiary/aromatic N) is 4. The molecule has 8 nitrogen and oxygen atoms in total. The van der Waals surface area contributed by atoms with Crippen molar-refractivity contribution in [3.63, 3.8) is 0 Å². The molecule has 0 saturated heterocycles. The number of aryl methyl sites for hydroxylation is 1. The van der Waals surface area contributed by atoms with E-state index in [1.807, 2.05) is 6.92 Å². The topological polar surface area (TPSA) is 115 Å². The third-order valence-electron chi connectivity index (χ3n) is 4.36. The van der Waals surface area contributed by atoms with Crippen molar-refractivity contribution in [2.45, 2.75) is 6.92 Å². The molecule has 4 heterocycles. The van der Waals surface area contributed by atoms with Gasteiger partial charge in [0.2, 0.25) is 0 Å². The maximum Gasteiger partial charge on any atom is 0.439 e. The Bertz CT molecular complexity index is 1340. The Balaban J connectivity index is 1.78. The minimum atomic E-state index is -0.635. The molecule has 0 aliphatic heterocycles. The van der Waals surface area contributed by atoms with Crippen molar-refractivity contribution in [1.82, 2.24) is 24.7 Å². The highest BCUT2D eigenvalue weighted by Gasteiger charge is 2.18. The van der Waals surface area contributed by atoms with Crippen molar-refractivity contribution in [2.75, 3.05) is 5.73 Å². The summed E-state index contributed by atoms with van der Waals surface area (Å²) in [7, 11) is 0. The maximum atomic E-state index is 11.2. The van der Waals surface area contributed by atoms with Crippen LogP contribution >= 0.6 is 11.3 Å². The summed E-state index contributed by atoms with van der Waals surface area (Å²) in [6.45, 7) is 2.05. The molecule has 5 rings (SSSR count). The third-order valence-corrected chi connectivity index (χ3v) is 5.31. The van der Waals surface area contributed by atoms with Gasteiger partial charge in [-0.05, 0) is 29.3 Å². The van der Waals surface area contributed by atoms with E-state index in [1.54, 1.807) is 28.2 Å². The number of anilines is 1. The van der Waals surface area contributed by atoms with Gasteiger partial charge in [0.1, 0.15) is 5.82 Å². The number of rotatable bonds is 2. The highest BCUT2D eigenvalue weighted by molar-refractivity contribution is 7.17. The Morgan fingerprint density at radius 2 is 2.12 bits per heavy atom. The number of aromatic amines is 1. The number of nitrogens with two attached hydrogens (primary N) is 1. The van der Waals surface area contributed by atoms with Crippen LogP contribution in [0.4, 0.5) is 5.82 Å². The minimum absolute atomic E-state index is 0.265. The van der Waals surface area contributed by atoms with Gasteiger partial charge in [-0.25, -0.2) is 9.78 Å². The summed E-state index contributed by atoms with van der Waals surface area (Å²) >= 11 is 1.67. The van der Waals surface area contributed by atoms with Crippen molar-refractivity contribution in [3.8, 4) is 22.5 Å². The van der Waals surface area contributed by atoms with Gasteiger partial charge in [-0.3, -0.25) is 9.51 Å². The van der Waals surface area contributed by atoms with Crippen LogP contribution in [0.15, 0.2) is 45.3 Å². The fraction of sp³-hybridized carbons (Fsp3) is 0.0588. The molecule has 5 aromatic rings. The van der Waals surface area contributed by atoms with Gasteiger partial charge in [0.05, 0.1) is 11.8 Å². The first kappa shape index (κ1) is 14.8. The predicted octanol–water partition coefficient (Wildman–Crippen LogP) is 2.84. The van der Waals surface area contributed by atoms with E-state index >= 15 is 0 Å². The number of nitrogen functional groups attached to an aromatic ring is 1. The number of fused-ring (bicyclic) bond motifs is 2. The standard InChI is InChI=1S/C17H12N6O2S/c1-8-2-3-9-4-5-26-13(9)12(8)10-6-19-16-11(7-20-23(16)14(10)18)15-21-17(24)25-22-15/h2-7H,18H2,1H3,(H,21,22,24). The lowest BCUT2D eigenvalue weighted by Crippen LogP contribution is -2.03. The molecule has 128 valence electrons. The fourth-order valence-corrected chi connectivity index (χ4v) is 4.13. The molecule has 0 atom stereocenters. The van der Waals surface area contributed by atoms with Crippen LogP contribution in [0.5, 0.6) is 0 Å². The summed E-state index contributed by atoms with van der Waals surface area (Å²) in [6.07, 6.45) is 3.28. The summed E-state index contributed by atoms with van der Waals surface area (Å²) in [6, 6.07) is 6.25. The number of H-pyrrole nitrogens is 1. The van der Waals surface area contributed by atoms with E-state index in [4.69, 9.17) is 5.73 Å². The van der Waals surface area contributed by atoms with Crippen LogP contribution in [0, 0.1) is 6.92 Å². The highest BCUT2D eigenvalue weighted by atomic mass is 32.1. The lowest BCUT2D eigenvalue weighted by molar-refractivity contribution is 0.388. The lowest BCUT2D eigenvalue weighted by Gasteiger charge is -2.11. The van der Waals surface area contributed by atoms with Crippen LogP contribution in [0.3, 0.4) is 0 Å². The highest BCUT2D eigenvalue weighted by Crippen LogP contribution is 2.38. The zero-order chi connectivity index (χ0) is 17.8. The van der Waals surface area contributed by atoms with Gasteiger partial charge in [0.25, 0.3) is 0 Å². The molecule has 0 bridgehead atoms. The summed E-state index contributed by atoms with van der Waals surface area (Å²) in [5, 5.41) is 11.2.